The van der Waals surface area contributed by atoms with E-state index in [1.165, 1.54) is 11.3 Å². The first kappa shape index (κ1) is 11.9. The van der Waals surface area contributed by atoms with E-state index < -0.39 is 0 Å². The molecule has 0 unspecified atom stereocenters. The maximum absolute atomic E-state index is 11.4. The van der Waals surface area contributed by atoms with Crippen LogP contribution in [0.2, 0.25) is 0 Å². The van der Waals surface area contributed by atoms with Crippen molar-refractivity contribution in [3.05, 3.63) is 34.5 Å². The molecule has 2 aromatic heterocycles. The van der Waals surface area contributed by atoms with Crippen LogP contribution in [-0.2, 0) is 6.42 Å². The van der Waals surface area contributed by atoms with Gasteiger partial charge in [-0.1, -0.05) is 13.0 Å². The minimum absolute atomic E-state index is 0.0697. The molecular weight excluding hydrogens is 232 g/mol. The van der Waals surface area contributed by atoms with Crippen molar-refractivity contribution in [3.63, 3.8) is 0 Å². The van der Waals surface area contributed by atoms with Crippen LogP contribution in [0, 0.1) is 6.92 Å². The van der Waals surface area contributed by atoms with Crippen LogP contribution in [0.15, 0.2) is 18.3 Å². The number of nitrogens with zero attached hydrogens (tertiary/aromatic N) is 2. The quantitative estimate of drug-likeness (QED) is 0.780. The van der Waals surface area contributed by atoms with E-state index in [0.29, 0.717) is 0 Å². The second-order valence-electron chi connectivity index (χ2n) is 3.85. The standard InChI is InChI=1S/C13H14N2OS/c1-4-10-6-5-7-14-11(10)13-15-8(2)12(17-13)9(3)16/h5-7H,4H2,1-3H3. The number of carbonyl (C=O) groups excluding carboxylic acids is 1. The number of pyridine rings is 1. The van der Waals surface area contributed by atoms with E-state index in [1.54, 1.807) is 13.1 Å². The topological polar surface area (TPSA) is 42.9 Å². The third-order valence-electron chi connectivity index (χ3n) is 2.59. The number of Topliss-reactive ketones (excluding diaryl/α,β-unsaturated/α-hetero) is 1. The molecule has 0 fully saturated rings. The average molecular weight is 246 g/mol. The minimum Gasteiger partial charge on any atom is -0.294 e. The molecule has 0 aliphatic heterocycles. The maximum atomic E-state index is 11.4. The fourth-order valence-electron chi connectivity index (χ4n) is 1.74. The van der Waals surface area contributed by atoms with E-state index >= 15 is 0 Å². The normalized spacial score (nSPS) is 10.5. The molecule has 3 nitrogen and oxygen atoms in total. The zero-order valence-electron chi connectivity index (χ0n) is 10.2. The van der Waals surface area contributed by atoms with E-state index in [2.05, 4.69) is 16.9 Å². The number of rotatable bonds is 3. The molecular formula is C13H14N2OS. The summed E-state index contributed by atoms with van der Waals surface area (Å²) in [5, 5.41) is 0.838. The van der Waals surface area contributed by atoms with Crippen molar-refractivity contribution in [2.45, 2.75) is 27.2 Å². The summed E-state index contributed by atoms with van der Waals surface area (Å²) < 4.78 is 0. The SMILES string of the molecule is CCc1cccnc1-c1nc(C)c(C(C)=O)s1. The second-order valence-corrected chi connectivity index (χ2v) is 4.85. The van der Waals surface area contributed by atoms with Gasteiger partial charge in [-0.2, -0.15) is 0 Å². The van der Waals surface area contributed by atoms with Gasteiger partial charge >= 0.3 is 0 Å². The van der Waals surface area contributed by atoms with Gasteiger partial charge in [-0.05, 0) is 25.0 Å². The van der Waals surface area contributed by atoms with Gasteiger partial charge in [0.1, 0.15) is 10.7 Å². The lowest BCUT2D eigenvalue weighted by Gasteiger charge is -2.01. The molecule has 0 N–H and O–H groups in total. The van der Waals surface area contributed by atoms with Crippen LogP contribution in [0.3, 0.4) is 0 Å². The Morgan fingerprint density at radius 3 is 2.82 bits per heavy atom. The fraction of sp³-hybridized carbons (Fsp3) is 0.308. The Hall–Kier alpha value is -1.55. The van der Waals surface area contributed by atoms with Gasteiger partial charge in [0, 0.05) is 13.1 Å². The third-order valence-corrected chi connectivity index (χ3v) is 3.86. The molecule has 4 heteroatoms. The Kier molecular flexibility index (Phi) is 3.33. The predicted octanol–water partition coefficient (Wildman–Crippen LogP) is 3.28. The fourth-order valence-corrected chi connectivity index (χ4v) is 2.73. The van der Waals surface area contributed by atoms with Gasteiger partial charge in [0.25, 0.3) is 0 Å². The molecule has 0 aliphatic carbocycles. The minimum atomic E-state index is 0.0697. The van der Waals surface area contributed by atoms with Crippen molar-refractivity contribution in [1.29, 1.82) is 0 Å². The first-order valence-electron chi connectivity index (χ1n) is 5.56. The molecule has 17 heavy (non-hydrogen) atoms. The highest BCUT2D eigenvalue weighted by atomic mass is 32.1. The molecule has 88 valence electrons. The van der Waals surface area contributed by atoms with Gasteiger partial charge in [0.15, 0.2) is 5.78 Å². The first-order chi connectivity index (χ1) is 8.13. The summed E-state index contributed by atoms with van der Waals surface area (Å²) in [4.78, 5) is 21.0. The number of carbonyl (C=O) groups is 1. The molecule has 0 saturated heterocycles. The third kappa shape index (κ3) is 2.26. The van der Waals surface area contributed by atoms with Crippen molar-refractivity contribution in [2.24, 2.45) is 0 Å². The first-order valence-corrected chi connectivity index (χ1v) is 6.37. The highest BCUT2D eigenvalue weighted by molar-refractivity contribution is 7.17. The van der Waals surface area contributed by atoms with Gasteiger partial charge in [0.2, 0.25) is 0 Å². The molecule has 0 radical (unpaired) electrons. The lowest BCUT2D eigenvalue weighted by atomic mass is 10.1. The predicted molar refractivity (Wildman–Crippen MR) is 69.5 cm³/mol. The zero-order chi connectivity index (χ0) is 12.4. The zero-order valence-corrected chi connectivity index (χ0v) is 11.0. The van der Waals surface area contributed by atoms with Crippen LogP contribution < -0.4 is 0 Å². The molecule has 0 spiro atoms. The summed E-state index contributed by atoms with van der Waals surface area (Å²) in [7, 11) is 0. The van der Waals surface area contributed by atoms with Crippen molar-refractivity contribution in [2.75, 3.05) is 0 Å². The van der Waals surface area contributed by atoms with E-state index in [4.69, 9.17) is 0 Å². The molecule has 0 aliphatic rings. The Labute approximate surface area is 105 Å². The number of hydrogen-bond donors (Lipinski definition) is 0. The van der Waals surface area contributed by atoms with Gasteiger partial charge in [-0.15, -0.1) is 11.3 Å². The number of thiazole rings is 1. The molecule has 0 bridgehead atoms. The summed E-state index contributed by atoms with van der Waals surface area (Å²) in [6, 6.07) is 3.97. The maximum Gasteiger partial charge on any atom is 0.171 e. The van der Waals surface area contributed by atoms with Gasteiger partial charge < -0.3 is 0 Å². The summed E-state index contributed by atoms with van der Waals surface area (Å²) in [6.07, 6.45) is 2.68. The Bertz CT molecular complexity index is 560. The average Bonchev–Trinajstić information content (AvgIpc) is 2.71. The van der Waals surface area contributed by atoms with Crippen molar-refractivity contribution < 1.29 is 4.79 Å². The second kappa shape index (κ2) is 4.75. The van der Waals surface area contributed by atoms with E-state index in [1.807, 2.05) is 19.1 Å². The van der Waals surface area contributed by atoms with Crippen LogP contribution in [0.25, 0.3) is 10.7 Å². The highest BCUT2D eigenvalue weighted by Crippen LogP contribution is 2.29. The monoisotopic (exact) mass is 246 g/mol. The van der Waals surface area contributed by atoms with Crippen molar-refractivity contribution in [3.8, 4) is 10.7 Å². The summed E-state index contributed by atoms with van der Waals surface area (Å²) >= 11 is 1.43. The summed E-state index contributed by atoms with van der Waals surface area (Å²) in [5.74, 6) is 0.0697. The van der Waals surface area contributed by atoms with Crippen molar-refractivity contribution in [1.82, 2.24) is 9.97 Å². The van der Waals surface area contributed by atoms with E-state index in [-0.39, 0.29) is 5.78 Å². The van der Waals surface area contributed by atoms with Crippen LogP contribution in [0.4, 0.5) is 0 Å². The van der Waals surface area contributed by atoms with Crippen LogP contribution >= 0.6 is 11.3 Å². The molecule has 0 amide bonds. The number of aromatic nitrogens is 2. The molecule has 0 saturated carbocycles. The molecule has 2 rings (SSSR count). The molecule has 2 aromatic rings. The van der Waals surface area contributed by atoms with Crippen molar-refractivity contribution >= 4 is 17.1 Å². The Morgan fingerprint density at radius 1 is 1.47 bits per heavy atom. The highest BCUT2D eigenvalue weighted by Gasteiger charge is 2.15. The van der Waals surface area contributed by atoms with Gasteiger partial charge in [-0.3, -0.25) is 9.78 Å². The Morgan fingerprint density at radius 2 is 2.24 bits per heavy atom. The lowest BCUT2D eigenvalue weighted by molar-refractivity contribution is 0.102. The van der Waals surface area contributed by atoms with Gasteiger partial charge in [0.05, 0.1) is 10.6 Å². The Balaban J connectivity index is 2.53. The van der Waals surface area contributed by atoms with Gasteiger partial charge in [-0.25, -0.2) is 4.98 Å². The van der Waals surface area contributed by atoms with Crippen LogP contribution in [0.1, 0.15) is 34.8 Å². The molecule has 2 heterocycles. The summed E-state index contributed by atoms with van der Waals surface area (Å²) in [5.41, 5.74) is 2.86. The van der Waals surface area contributed by atoms with Crippen LogP contribution in [-0.4, -0.2) is 15.8 Å². The van der Waals surface area contributed by atoms with E-state index in [0.717, 1.165) is 33.3 Å². The van der Waals surface area contributed by atoms with Crippen LogP contribution in [0.5, 0.6) is 0 Å². The smallest absolute Gasteiger partial charge is 0.171 e. The number of ketones is 1. The summed E-state index contributed by atoms with van der Waals surface area (Å²) in [6.45, 7) is 5.53. The number of aryl methyl sites for hydroxylation is 2. The lowest BCUT2D eigenvalue weighted by Crippen LogP contribution is -1.90. The largest absolute Gasteiger partial charge is 0.294 e. The van der Waals surface area contributed by atoms with E-state index in [9.17, 15) is 4.79 Å². The number of hydrogen-bond acceptors (Lipinski definition) is 4. The molecule has 0 atom stereocenters. The molecule has 0 aromatic carbocycles.